The van der Waals surface area contributed by atoms with Crippen LogP contribution < -0.4 is 0 Å². The number of hydrogen-bond acceptors (Lipinski definition) is 1. The molecule has 0 N–H and O–H groups in total. The smallest absolute Gasteiger partial charge is 0.167 e. The summed E-state index contributed by atoms with van der Waals surface area (Å²) in [5, 5.41) is 0. The molecule has 0 radical (unpaired) electrons. The molecule has 2 aromatic rings. The number of Topliss-reactive ketones (excluding diaryl/α,β-unsaturated/α-hetero) is 1. The van der Waals surface area contributed by atoms with E-state index in [2.05, 4.69) is 28.1 Å². The van der Waals surface area contributed by atoms with Crippen molar-refractivity contribution in [2.45, 2.75) is 12.3 Å². The van der Waals surface area contributed by atoms with Crippen molar-refractivity contribution >= 4 is 21.7 Å². The van der Waals surface area contributed by atoms with Gasteiger partial charge in [-0.3, -0.25) is 4.79 Å². The van der Waals surface area contributed by atoms with E-state index in [-0.39, 0.29) is 11.7 Å². The number of hydrogen-bond donors (Lipinski definition) is 0. The van der Waals surface area contributed by atoms with E-state index in [9.17, 15) is 4.79 Å². The number of ketones is 1. The summed E-state index contributed by atoms with van der Waals surface area (Å²) in [5.41, 5.74) is 2.09. The monoisotopic (exact) mass is 300 g/mol. The van der Waals surface area contributed by atoms with Crippen molar-refractivity contribution in [1.29, 1.82) is 0 Å². The predicted molar refractivity (Wildman–Crippen MR) is 75.8 cm³/mol. The highest BCUT2D eigenvalue weighted by atomic mass is 79.9. The molecule has 1 nitrogen and oxygen atoms in total. The highest BCUT2D eigenvalue weighted by Gasteiger charge is 2.44. The van der Waals surface area contributed by atoms with Crippen LogP contribution in [0.4, 0.5) is 0 Å². The third kappa shape index (κ3) is 2.13. The van der Waals surface area contributed by atoms with Gasteiger partial charge in [-0.05, 0) is 24.0 Å². The molecule has 2 atom stereocenters. The van der Waals surface area contributed by atoms with E-state index in [1.54, 1.807) is 0 Å². The van der Waals surface area contributed by atoms with Crippen LogP contribution in [0, 0.1) is 5.92 Å². The molecule has 90 valence electrons. The molecule has 2 aromatic carbocycles. The van der Waals surface area contributed by atoms with Crippen LogP contribution in [0.15, 0.2) is 59.1 Å². The fourth-order valence-corrected chi connectivity index (χ4v) is 2.89. The molecule has 0 bridgehead atoms. The number of carbonyl (C=O) groups is 1. The Morgan fingerprint density at radius 3 is 2.39 bits per heavy atom. The second-order valence-corrected chi connectivity index (χ2v) is 5.56. The summed E-state index contributed by atoms with van der Waals surface area (Å²) in [5.74, 6) is 0.827. The van der Waals surface area contributed by atoms with E-state index in [0.29, 0.717) is 5.92 Å². The van der Waals surface area contributed by atoms with Gasteiger partial charge in [0.15, 0.2) is 5.78 Å². The molecular formula is C16H13BrO. The van der Waals surface area contributed by atoms with Crippen molar-refractivity contribution in [3.8, 4) is 0 Å². The Morgan fingerprint density at radius 1 is 1.00 bits per heavy atom. The van der Waals surface area contributed by atoms with E-state index < -0.39 is 0 Å². The molecule has 0 aromatic heterocycles. The molecule has 1 aliphatic rings. The lowest BCUT2D eigenvalue weighted by Crippen LogP contribution is -2.03. The van der Waals surface area contributed by atoms with Gasteiger partial charge in [0.05, 0.1) is 0 Å². The van der Waals surface area contributed by atoms with Crippen molar-refractivity contribution in [1.82, 2.24) is 0 Å². The van der Waals surface area contributed by atoms with Gasteiger partial charge in [0, 0.05) is 16.0 Å². The van der Waals surface area contributed by atoms with E-state index in [1.165, 1.54) is 5.56 Å². The zero-order chi connectivity index (χ0) is 12.5. The highest BCUT2D eigenvalue weighted by molar-refractivity contribution is 9.10. The van der Waals surface area contributed by atoms with Crippen LogP contribution in [0.2, 0.25) is 0 Å². The van der Waals surface area contributed by atoms with Gasteiger partial charge < -0.3 is 0 Å². The van der Waals surface area contributed by atoms with Gasteiger partial charge in [0.1, 0.15) is 0 Å². The van der Waals surface area contributed by atoms with Gasteiger partial charge >= 0.3 is 0 Å². The van der Waals surface area contributed by atoms with Gasteiger partial charge in [-0.1, -0.05) is 64.5 Å². The molecule has 18 heavy (non-hydrogen) atoms. The van der Waals surface area contributed by atoms with E-state index in [0.717, 1.165) is 16.5 Å². The molecule has 3 rings (SSSR count). The second-order valence-electron chi connectivity index (χ2n) is 4.70. The summed E-state index contributed by atoms with van der Waals surface area (Å²) < 4.78 is 0.897. The SMILES string of the molecule is O=C(c1ccccc1Br)C1CC1c1ccccc1. The minimum atomic E-state index is 0.158. The lowest BCUT2D eigenvalue weighted by atomic mass is 10.0. The third-order valence-corrected chi connectivity index (χ3v) is 4.19. The normalized spacial score (nSPS) is 21.6. The highest BCUT2D eigenvalue weighted by Crippen LogP contribution is 2.49. The first-order valence-electron chi connectivity index (χ1n) is 6.11. The lowest BCUT2D eigenvalue weighted by Gasteiger charge is -2.03. The van der Waals surface area contributed by atoms with Crippen LogP contribution in [0.3, 0.4) is 0 Å². The summed E-state index contributed by atoms with van der Waals surface area (Å²) >= 11 is 3.45. The number of halogens is 1. The summed E-state index contributed by atoms with van der Waals surface area (Å²) in [6, 6.07) is 18.0. The molecule has 2 unspecified atom stereocenters. The Bertz CT molecular complexity index is 577. The zero-order valence-corrected chi connectivity index (χ0v) is 11.4. The van der Waals surface area contributed by atoms with Crippen molar-refractivity contribution in [3.63, 3.8) is 0 Å². The second kappa shape index (κ2) is 4.69. The topological polar surface area (TPSA) is 17.1 Å². The Morgan fingerprint density at radius 2 is 1.67 bits per heavy atom. The number of benzene rings is 2. The van der Waals surface area contributed by atoms with Crippen LogP contribution in [0.25, 0.3) is 0 Å². The third-order valence-electron chi connectivity index (χ3n) is 3.49. The predicted octanol–water partition coefficient (Wildman–Crippen LogP) is 4.44. The lowest BCUT2D eigenvalue weighted by molar-refractivity contribution is 0.0964. The zero-order valence-electron chi connectivity index (χ0n) is 9.84. The van der Waals surface area contributed by atoms with Crippen LogP contribution in [-0.4, -0.2) is 5.78 Å². The summed E-state index contributed by atoms with van der Waals surface area (Å²) in [7, 11) is 0. The van der Waals surface area contributed by atoms with Crippen molar-refractivity contribution < 1.29 is 4.79 Å². The summed E-state index contributed by atoms with van der Waals surface area (Å²) in [6.07, 6.45) is 0.976. The fraction of sp³-hybridized carbons (Fsp3) is 0.188. The molecular weight excluding hydrogens is 288 g/mol. The minimum Gasteiger partial charge on any atom is -0.294 e. The number of rotatable bonds is 3. The maximum Gasteiger partial charge on any atom is 0.167 e. The molecule has 0 spiro atoms. The van der Waals surface area contributed by atoms with Gasteiger partial charge in [0.25, 0.3) is 0 Å². The van der Waals surface area contributed by atoms with Gasteiger partial charge in [0.2, 0.25) is 0 Å². The summed E-state index contributed by atoms with van der Waals surface area (Å²) in [6.45, 7) is 0. The van der Waals surface area contributed by atoms with Crippen molar-refractivity contribution in [3.05, 3.63) is 70.2 Å². The molecule has 2 heteroatoms. The first kappa shape index (κ1) is 11.7. The first-order valence-corrected chi connectivity index (χ1v) is 6.90. The average Bonchev–Trinajstić information content (AvgIpc) is 3.20. The van der Waals surface area contributed by atoms with E-state index in [1.807, 2.05) is 42.5 Å². The molecule has 0 saturated heterocycles. The molecule has 0 amide bonds. The van der Waals surface area contributed by atoms with E-state index >= 15 is 0 Å². The van der Waals surface area contributed by atoms with E-state index in [4.69, 9.17) is 0 Å². The van der Waals surface area contributed by atoms with Crippen molar-refractivity contribution in [2.75, 3.05) is 0 Å². The fourth-order valence-electron chi connectivity index (χ4n) is 2.41. The van der Waals surface area contributed by atoms with Crippen LogP contribution in [0.1, 0.15) is 28.3 Å². The van der Waals surface area contributed by atoms with Crippen molar-refractivity contribution in [2.24, 2.45) is 5.92 Å². The molecule has 0 aliphatic heterocycles. The number of carbonyl (C=O) groups excluding carboxylic acids is 1. The summed E-state index contributed by atoms with van der Waals surface area (Å²) in [4.78, 5) is 12.4. The quantitative estimate of drug-likeness (QED) is 0.766. The maximum atomic E-state index is 12.4. The van der Waals surface area contributed by atoms with Crippen LogP contribution in [0.5, 0.6) is 0 Å². The average molecular weight is 301 g/mol. The molecule has 0 heterocycles. The van der Waals surface area contributed by atoms with Crippen LogP contribution >= 0.6 is 15.9 Å². The van der Waals surface area contributed by atoms with Gasteiger partial charge in [-0.2, -0.15) is 0 Å². The molecule has 1 aliphatic carbocycles. The van der Waals surface area contributed by atoms with Gasteiger partial charge in [-0.15, -0.1) is 0 Å². The largest absolute Gasteiger partial charge is 0.294 e. The molecule has 1 saturated carbocycles. The maximum absolute atomic E-state index is 12.4. The Kier molecular flexibility index (Phi) is 3.04. The minimum absolute atomic E-state index is 0.158. The Hall–Kier alpha value is -1.41. The van der Waals surface area contributed by atoms with Crippen LogP contribution in [-0.2, 0) is 0 Å². The Labute approximate surface area is 115 Å². The molecule has 1 fully saturated rings. The first-order chi connectivity index (χ1) is 8.77. The van der Waals surface area contributed by atoms with Gasteiger partial charge in [-0.25, -0.2) is 0 Å². The Balaban J connectivity index is 1.80. The standard InChI is InChI=1S/C16H13BrO/c17-15-9-5-4-8-12(15)16(18)14-10-13(14)11-6-2-1-3-7-11/h1-9,13-14H,10H2.